The molecule has 1 amide bonds. The molecule has 0 unspecified atom stereocenters. The van der Waals surface area contributed by atoms with E-state index in [0.29, 0.717) is 16.2 Å². The van der Waals surface area contributed by atoms with E-state index in [9.17, 15) is 9.59 Å². The quantitative estimate of drug-likeness (QED) is 0.364. The highest BCUT2D eigenvalue weighted by molar-refractivity contribution is 7.80. The van der Waals surface area contributed by atoms with Crippen LogP contribution in [0, 0.1) is 0 Å². The predicted molar refractivity (Wildman–Crippen MR) is 127 cm³/mol. The molecule has 1 aromatic heterocycles. The smallest absolute Gasteiger partial charge is 0.338 e. The molecule has 0 saturated carbocycles. The second-order valence-corrected chi connectivity index (χ2v) is 8.79. The number of hydrogen-bond acceptors (Lipinski definition) is 7. The number of aromatic nitrogens is 1. The van der Waals surface area contributed by atoms with Crippen LogP contribution in [0.1, 0.15) is 34.6 Å². The van der Waals surface area contributed by atoms with Gasteiger partial charge in [0.2, 0.25) is 0 Å². The number of nitrogens with one attached hydrogen (secondary N) is 2. The third kappa shape index (κ3) is 5.62. The molecule has 3 aromatic rings. The number of halogens is 2. The van der Waals surface area contributed by atoms with Crippen LogP contribution in [0.5, 0.6) is 5.75 Å². The van der Waals surface area contributed by atoms with Gasteiger partial charge in [-0.05, 0) is 56.4 Å². The number of methoxy groups -OCH3 is 1. The molecule has 1 heterocycles. The van der Waals surface area contributed by atoms with E-state index in [1.807, 2.05) is 0 Å². The van der Waals surface area contributed by atoms with E-state index < -0.39 is 11.9 Å². The molecule has 2 N–H and O–H groups in total. The van der Waals surface area contributed by atoms with Gasteiger partial charge in [0, 0.05) is 5.56 Å². The number of rotatable bonds is 5. The van der Waals surface area contributed by atoms with Crippen LogP contribution in [-0.2, 0) is 4.74 Å². The fourth-order valence-corrected chi connectivity index (χ4v) is 4.38. The molecular formula is C20H17Cl2N3O4S2. The molecule has 0 fully saturated rings. The van der Waals surface area contributed by atoms with Gasteiger partial charge in [0.25, 0.3) is 5.91 Å². The van der Waals surface area contributed by atoms with Gasteiger partial charge in [-0.1, -0.05) is 34.5 Å². The first-order valence-corrected chi connectivity index (χ1v) is 10.9. The highest BCUT2D eigenvalue weighted by Gasteiger charge is 2.16. The number of esters is 1. The first kappa shape index (κ1) is 23.2. The Kier molecular flexibility index (Phi) is 7.32. The monoisotopic (exact) mass is 497 g/mol. The molecule has 0 atom stereocenters. The molecule has 0 aliphatic rings. The van der Waals surface area contributed by atoms with Crippen molar-refractivity contribution in [3.63, 3.8) is 0 Å². The zero-order valence-electron chi connectivity index (χ0n) is 16.6. The van der Waals surface area contributed by atoms with Crippen LogP contribution in [0.15, 0.2) is 30.3 Å². The van der Waals surface area contributed by atoms with Crippen LogP contribution >= 0.6 is 46.8 Å². The SMILES string of the molecule is COc1c(Cl)cc(C(=O)NC(=S)Nc2nc3ccc(C(=O)OC(C)C)cc3s2)cc1Cl. The molecule has 0 aliphatic heterocycles. The summed E-state index contributed by atoms with van der Waals surface area (Å²) in [5.41, 5.74) is 1.33. The van der Waals surface area contributed by atoms with Gasteiger partial charge in [0.15, 0.2) is 16.0 Å². The number of benzene rings is 2. The second kappa shape index (κ2) is 9.78. The minimum absolute atomic E-state index is 0.0477. The first-order chi connectivity index (χ1) is 14.7. The number of carbonyl (C=O) groups excluding carboxylic acids is 2. The van der Waals surface area contributed by atoms with Gasteiger partial charge in [-0.3, -0.25) is 10.1 Å². The van der Waals surface area contributed by atoms with Gasteiger partial charge < -0.3 is 14.8 Å². The Morgan fingerprint density at radius 3 is 2.42 bits per heavy atom. The zero-order valence-corrected chi connectivity index (χ0v) is 19.8. The lowest BCUT2D eigenvalue weighted by Crippen LogP contribution is -2.34. The molecule has 0 radical (unpaired) electrons. The van der Waals surface area contributed by atoms with E-state index in [1.54, 1.807) is 32.0 Å². The summed E-state index contributed by atoms with van der Waals surface area (Å²) in [4.78, 5) is 28.9. The number of amides is 1. The lowest BCUT2D eigenvalue weighted by atomic mass is 10.2. The maximum absolute atomic E-state index is 12.5. The van der Waals surface area contributed by atoms with Crippen LogP contribution < -0.4 is 15.4 Å². The van der Waals surface area contributed by atoms with Crippen LogP contribution in [0.2, 0.25) is 10.0 Å². The number of fused-ring (bicyclic) bond motifs is 1. The van der Waals surface area contributed by atoms with Crippen molar-refractivity contribution >= 4 is 79.1 Å². The summed E-state index contributed by atoms with van der Waals surface area (Å²) >= 11 is 18.6. The second-order valence-electron chi connectivity index (χ2n) is 6.54. The normalized spacial score (nSPS) is 10.8. The number of thiazole rings is 1. The standard InChI is InChI=1S/C20H17Cl2N3O4S2/c1-9(2)29-18(27)10-4-5-14-15(8-10)31-20(23-14)25-19(30)24-17(26)11-6-12(21)16(28-3)13(22)7-11/h4-9H,1-3H3,(H2,23,24,25,26,30). The predicted octanol–water partition coefficient (Wildman–Crippen LogP) is 5.30. The molecule has 3 rings (SSSR count). The average Bonchev–Trinajstić information content (AvgIpc) is 3.08. The van der Waals surface area contributed by atoms with E-state index in [-0.39, 0.29) is 32.6 Å². The lowest BCUT2D eigenvalue weighted by Gasteiger charge is -2.10. The molecule has 0 saturated heterocycles. The van der Waals surface area contributed by atoms with E-state index in [2.05, 4.69) is 15.6 Å². The molecule has 0 spiro atoms. The van der Waals surface area contributed by atoms with Crippen molar-refractivity contribution in [3.8, 4) is 5.75 Å². The van der Waals surface area contributed by atoms with Gasteiger partial charge in [0.05, 0.1) is 39.0 Å². The molecule has 31 heavy (non-hydrogen) atoms. The number of carbonyl (C=O) groups is 2. The molecular weight excluding hydrogens is 481 g/mol. The topological polar surface area (TPSA) is 89.5 Å². The summed E-state index contributed by atoms with van der Waals surface area (Å²) in [6.07, 6.45) is -0.210. The van der Waals surface area contributed by atoms with Crippen molar-refractivity contribution < 1.29 is 19.1 Å². The van der Waals surface area contributed by atoms with Crippen molar-refractivity contribution in [2.24, 2.45) is 0 Å². The fourth-order valence-electron chi connectivity index (χ4n) is 2.58. The van der Waals surface area contributed by atoms with E-state index in [0.717, 1.165) is 4.70 Å². The molecule has 11 heteroatoms. The lowest BCUT2D eigenvalue weighted by molar-refractivity contribution is 0.0378. The van der Waals surface area contributed by atoms with Gasteiger partial charge in [0.1, 0.15) is 0 Å². The summed E-state index contributed by atoms with van der Waals surface area (Å²) in [6, 6.07) is 7.93. The minimum atomic E-state index is -0.496. The Labute approximate surface area is 197 Å². The van der Waals surface area contributed by atoms with Crippen molar-refractivity contribution in [2.45, 2.75) is 20.0 Å². The van der Waals surface area contributed by atoms with Crippen molar-refractivity contribution in [1.82, 2.24) is 10.3 Å². The van der Waals surface area contributed by atoms with Gasteiger partial charge in [-0.15, -0.1) is 0 Å². The molecule has 2 aromatic carbocycles. The summed E-state index contributed by atoms with van der Waals surface area (Å²) < 4.78 is 11.0. The minimum Gasteiger partial charge on any atom is -0.494 e. The van der Waals surface area contributed by atoms with Gasteiger partial charge >= 0.3 is 5.97 Å². The summed E-state index contributed by atoms with van der Waals surface area (Å²) in [6.45, 7) is 3.57. The Morgan fingerprint density at radius 1 is 1.13 bits per heavy atom. The Morgan fingerprint density at radius 2 is 1.81 bits per heavy atom. The van der Waals surface area contributed by atoms with Gasteiger partial charge in [-0.2, -0.15) is 0 Å². The third-order valence-electron chi connectivity index (χ3n) is 3.88. The van der Waals surface area contributed by atoms with E-state index in [1.165, 1.54) is 30.6 Å². The first-order valence-electron chi connectivity index (χ1n) is 8.95. The Balaban J connectivity index is 1.70. The molecule has 0 aliphatic carbocycles. The largest absolute Gasteiger partial charge is 0.494 e. The third-order valence-corrected chi connectivity index (χ3v) is 5.58. The van der Waals surface area contributed by atoms with E-state index in [4.69, 9.17) is 44.9 Å². The maximum atomic E-state index is 12.5. The van der Waals surface area contributed by atoms with Gasteiger partial charge in [-0.25, -0.2) is 9.78 Å². The summed E-state index contributed by atoms with van der Waals surface area (Å²) in [5, 5.41) is 6.33. The molecule has 0 bridgehead atoms. The Bertz CT molecular complexity index is 1160. The highest BCUT2D eigenvalue weighted by Crippen LogP contribution is 2.33. The summed E-state index contributed by atoms with van der Waals surface area (Å²) in [5.74, 6) is -0.616. The maximum Gasteiger partial charge on any atom is 0.338 e. The number of ether oxygens (including phenoxy) is 2. The molecule has 7 nitrogen and oxygen atoms in total. The summed E-state index contributed by atoms with van der Waals surface area (Å²) in [7, 11) is 1.43. The number of thiocarbonyl (C=S) groups is 1. The van der Waals surface area contributed by atoms with E-state index >= 15 is 0 Å². The van der Waals surface area contributed by atoms with Crippen LogP contribution in [-0.4, -0.2) is 35.2 Å². The van der Waals surface area contributed by atoms with Crippen molar-refractivity contribution in [2.75, 3.05) is 12.4 Å². The van der Waals surface area contributed by atoms with Crippen molar-refractivity contribution in [1.29, 1.82) is 0 Å². The fraction of sp³-hybridized carbons (Fsp3) is 0.200. The van der Waals surface area contributed by atoms with Crippen LogP contribution in [0.25, 0.3) is 10.2 Å². The highest BCUT2D eigenvalue weighted by atomic mass is 35.5. The number of hydrogen-bond donors (Lipinski definition) is 2. The Hall–Kier alpha value is -2.46. The van der Waals surface area contributed by atoms with Crippen LogP contribution in [0.4, 0.5) is 5.13 Å². The van der Waals surface area contributed by atoms with Crippen molar-refractivity contribution in [3.05, 3.63) is 51.5 Å². The molecule has 162 valence electrons. The number of nitrogens with zero attached hydrogens (tertiary/aromatic N) is 1. The average molecular weight is 498 g/mol. The van der Waals surface area contributed by atoms with Crippen LogP contribution in [0.3, 0.4) is 0 Å². The zero-order chi connectivity index (χ0) is 22.7. The number of anilines is 1.